The average Bonchev–Trinajstić information content (AvgIpc) is 1.85. The predicted octanol–water partition coefficient (Wildman–Crippen LogP) is 0.400. The number of rotatable bonds is 4. The van der Waals surface area contributed by atoms with E-state index < -0.39 is 0 Å². The maximum absolute atomic E-state index is 10.4. The molecule has 0 N–H and O–H groups in total. The van der Waals surface area contributed by atoms with Crippen LogP contribution in [-0.4, -0.2) is 25.8 Å². The van der Waals surface area contributed by atoms with Crippen LogP contribution in [0.25, 0.3) is 0 Å². The molecule has 0 unspecified atom stereocenters. The summed E-state index contributed by atoms with van der Waals surface area (Å²) in [7, 11) is 0. The minimum Gasteiger partial charge on any atom is -0.464 e. The molecule has 0 amide bonds. The molecule has 9 heavy (non-hydrogen) atoms. The Hall–Kier alpha value is -0.570. The van der Waals surface area contributed by atoms with E-state index in [0.717, 1.165) is 0 Å². The van der Waals surface area contributed by atoms with E-state index in [0.29, 0.717) is 13.2 Å². The molecule has 0 aromatic carbocycles. The van der Waals surface area contributed by atoms with Crippen LogP contribution in [0.15, 0.2) is 0 Å². The second-order valence-corrected chi connectivity index (χ2v) is 1.36. The predicted molar refractivity (Wildman–Crippen MR) is 32.8 cm³/mol. The topological polar surface area (TPSA) is 35.5 Å². The maximum Gasteiger partial charge on any atom is 0.332 e. The molecule has 0 aromatic heterocycles. The zero-order valence-corrected chi connectivity index (χ0v) is 5.55. The summed E-state index contributed by atoms with van der Waals surface area (Å²) in [6, 6.07) is 0. The Morgan fingerprint density at radius 2 is 2.33 bits per heavy atom. The third kappa shape index (κ3) is 5.30. The van der Waals surface area contributed by atoms with Crippen LogP contribution in [0.5, 0.6) is 0 Å². The lowest BCUT2D eigenvalue weighted by atomic mass is 10.7. The minimum atomic E-state index is -0.332. The van der Waals surface area contributed by atoms with Gasteiger partial charge in [-0.3, -0.25) is 0 Å². The van der Waals surface area contributed by atoms with Crippen LogP contribution in [0.3, 0.4) is 0 Å². The van der Waals surface area contributed by atoms with Gasteiger partial charge in [-0.05, 0) is 13.8 Å². The highest BCUT2D eigenvalue weighted by Crippen LogP contribution is 1.79. The molecule has 0 aliphatic carbocycles. The van der Waals surface area contributed by atoms with E-state index in [-0.39, 0.29) is 12.6 Å². The summed E-state index contributed by atoms with van der Waals surface area (Å²) in [6.45, 7) is 5.86. The fourth-order valence-electron chi connectivity index (χ4n) is 0.358. The zero-order chi connectivity index (χ0) is 7.11. The molecule has 0 saturated heterocycles. The molecular weight excluding hydrogens is 120 g/mol. The van der Waals surface area contributed by atoms with E-state index in [4.69, 9.17) is 0 Å². The molecule has 1 radical (unpaired) electrons. The summed E-state index contributed by atoms with van der Waals surface area (Å²) in [5.41, 5.74) is 0. The molecule has 0 aliphatic heterocycles. The van der Waals surface area contributed by atoms with Crippen molar-refractivity contribution in [2.24, 2.45) is 0 Å². The number of hydrogen-bond acceptors (Lipinski definition) is 3. The smallest absolute Gasteiger partial charge is 0.332 e. The summed E-state index contributed by atoms with van der Waals surface area (Å²) < 4.78 is 9.21. The minimum absolute atomic E-state index is 0.0112. The Kier molecular flexibility index (Phi) is 5.21. The fourth-order valence-corrected chi connectivity index (χ4v) is 0.358. The number of esters is 1. The van der Waals surface area contributed by atoms with Gasteiger partial charge in [0, 0.05) is 6.61 Å². The Morgan fingerprint density at radius 3 is 2.78 bits per heavy atom. The van der Waals surface area contributed by atoms with Gasteiger partial charge in [0.25, 0.3) is 0 Å². The normalized spacial score (nSPS) is 9.11. The SMILES string of the molecule is [CH2]COCC(=O)OCC. The van der Waals surface area contributed by atoms with Gasteiger partial charge in [-0.2, -0.15) is 0 Å². The summed E-state index contributed by atoms with van der Waals surface area (Å²) in [6.07, 6.45) is 0. The molecule has 0 bridgehead atoms. The molecule has 0 aliphatic rings. The van der Waals surface area contributed by atoms with Crippen molar-refractivity contribution in [2.45, 2.75) is 6.92 Å². The second kappa shape index (κ2) is 5.56. The van der Waals surface area contributed by atoms with Crippen LogP contribution in [0.4, 0.5) is 0 Å². The summed E-state index contributed by atoms with van der Waals surface area (Å²) in [5.74, 6) is -0.332. The first-order chi connectivity index (χ1) is 4.31. The van der Waals surface area contributed by atoms with E-state index in [2.05, 4.69) is 16.4 Å². The van der Waals surface area contributed by atoms with Gasteiger partial charge in [-0.15, -0.1) is 0 Å². The highest BCUT2D eigenvalue weighted by molar-refractivity contribution is 5.70. The highest BCUT2D eigenvalue weighted by atomic mass is 16.6. The molecule has 0 heterocycles. The van der Waals surface area contributed by atoms with Gasteiger partial charge in [0.1, 0.15) is 6.61 Å². The van der Waals surface area contributed by atoms with Crippen molar-refractivity contribution in [1.82, 2.24) is 0 Å². The molecule has 53 valence electrons. The van der Waals surface area contributed by atoms with E-state index in [1.807, 2.05) is 0 Å². The third-order valence-corrected chi connectivity index (χ3v) is 0.670. The van der Waals surface area contributed by atoms with Crippen molar-refractivity contribution in [3.05, 3.63) is 6.92 Å². The van der Waals surface area contributed by atoms with Crippen LogP contribution in [-0.2, 0) is 14.3 Å². The number of carbonyl (C=O) groups is 1. The molecule has 0 aromatic rings. The van der Waals surface area contributed by atoms with Gasteiger partial charge in [0.2, 0.25) is 0 Å². The maximum atomic E-state index is 10.4. The van der Waals surface area contributed by atoms with Crippen LogP contribution in [0.2, 0.25) is 0 Å². The van der Waals surface area contributed by atoms with Crippen LogP contribution in [0, 0.1) is 6.92 Å². The fraction of sp³-hybridized carbons (Fsp3) is 0.667. The lowest BCUT2D eigenvalue weighted by molar-refractivity contribution is -0.148. The first-order valence-corrected chi connectivity index (χ1v) is 2.83. The van der Waals surface area contributed by atoms with E-state index >= 15 is 0 Å². The van der Waals surface area contributed by atoms with Gasteiger partial charge in [0.15, 0.2) is 0 Å². The second-order valence-electron chi connectivity index (χ2n) is 1.36. The van der Waals surface area contributed by atoms with Crippen molar-refractivity contribution in [1.29, 1.82) is 0 Å². The van der Waals surface area contributed by atoms with Gasteiger partial charge < -0.3 is 9.47 Å². The van der Waals surface area contributed by atoms with Crippen molar-refractivity contribution in [3.8, 4) is 0 Å². The summed E-state index contributed by atoms with van der Waals surface area (Å²) in [5, 5.41) is 0. The Balaban J connectivity index is 3.06. The molecule has 0 rings (SSSR count). The lowest BCUT2D eigenvalue weighted by Crippen LogP contribution is -2.11. The Morgan fingerprint density at radius 1 is 1.67 bits per heavy atom. The molecule has 3 nitrogen and oxygen atoms in total. The Labute approximate surface area is 55.0 Å². The van der Waals surface area contributed by atoms with E-state index in [1.54, 1.807) is 6.92 Å². The number of hydrogen-bond donors (Lipinski definition) is 0. The van der Waals surface area contributed by atoms with Crippen molar-refractivity contribution >= 4 is 5.97 Å². The molecule has 0 saturated carbocycles. The van der Waals surface area contributed by atoms with Gasteiger partial charge in [-0.1, -0.05) is 0 Å². The number of carbonyl (C=O) groups excluding carboxylic acids is 1. The standard InChI is InChI=1S/C6H11O3/c1-3-8-5-6(7)9-4-2/h1,3-5H2,2H3. The Bertz CT molecular complexity index is 80.4. The monoisotopic (exact) mass is 131 g/mol. The van der Waals surface area contributed by atoms with Gasteiger partial charge in [0.05, 0.1) is 6.61 Å². The third-order valence-electron chi connectivity index (χ3n) is 0.670. The van der Waals surface area contributed by atoms with Crippen molar-refractivity contribution < 1.29 is 14.3 Å². The quantitative estimate of drug-likeness (QED) is 0.518. The van der Waals surface area contributed by atoms with Crippen molar-refractivity contribution in [3.63, 3.8) is 0 Å². The van der Waals surface area contributed by atoms with Crippen molar-refractivity contribution in [2.75, 3.05) is 19.8 Å². The van der Waals surface area contributed by atoms with E-state index in [9.17, 15) is 4.79 Å². The lowest BCUT2D eigenvalue weighted by Gasteiger charge is -1.99. The molecular formula is C6H11O3. The van der Waals surface area contributed by atoms with Crippen LogP contribution >= 0.6 is 0 Å². The largest absolute Gasteiger partial charge is 0.464 e. The van der Waals surface area contributed by atoms with Crippen LogP contribution in [0.1, 0.15) is 6.92 Å². The zero-order valence-electron chi connectivity index (χ0n) is 5.55. The van der Waals surface area contributed by atoms with Gasteiger partial charge >= 0.3 is 5.97 Å². The first-order valence-electron chi connectivity index (χ1n) is 2.83. The highest BCUT2D eigenvalue weighted by Gasteiger charge is 1.97. The molecule has 3 heteroatoms. The summed E-state index contributed by atoms with van der Waals surface area (Å²) >= 11 is 0. The summed E-state index contributed by atoms with van der Waals surface area (Å²) in [4.78, 5) is 10.4. The van der Waals surface area contributed by atoms with Gasteiger partial charge in [-0.25, -0.2) is 4.79 Å². The number of ether oxygens (including phenoxy) is 2. The van der Waals surface area contributed by atoms with Crippen LogP contribution < -0.4 is 0 Å². The molecule has 0 fully saturated rings. The van der Waals surface area contributed by atoms with E-state index in [1.165, 1.54) is 0 Å². The molecule has 0 atom stereocenters. The first kappa shape index (κ1) is 8.43. The average molecular weight is 131 g/mol. The molecule has 0 spiro atoms.